The van der Waals surface area contributed by atoms with Crippen LogP contribution in [0.15, 0.2) is 84.9 Å². The summed E-state index contributed by atoms with van der Waals surface area (Å²) in [5.41, 5.74) is 5.12. The van der Waals surface area contributed by atoms with Crippen LogP contribution >= 0.6 is 0 Å². The Morgan fingerprint density at radius 1 is 0.865 bits per heavy atom. The fourth-order valence-electron chi connectivity index (χ4n) is 6.36. The van der Waals surface area contributed by atoms with Crippen LogP contribution in [0.1, 0.15) is 41.3 Å². The van der Waals surface area contributed by atoms with Crippen LogP contribution < -0.4 is 0 Å². The van der Waals surface area contributed by atoms with Gasteiger partial charge in [-0.15, -0.1) is 0 Å². The van der Waals surface area contributed by atoms with E-state index in [4.69, 9.17) is 9.47 Å². The van der Waals surface area contributed by atoms with Gasteiger partial charge in [0.1, 0.15) is 5.78 Å². The highest BCUT2D eigenvalue weighted by molar-refractivity contribution is 5.91. The molecule has 1 saturated heterocycles. The smallest absolute Gasteiger partial charge is 0.139 e. The molecule has 1 N–H and O–H groups in total. The van der Waals surface area contributed by atoms with Gasteiger partial charge in [0.2, 0.25) is 0 Å². The molecule has 2 heterocycles. The van der Waals surface area contributed by atoms with Crippen molar-refractivity contribution in [1.29, 1.82) is 0 Å². The second-order valence-corrected chi connectivity index (χ2v) is 10.6. The summed E-state index contributed by atoms with van der Waals surface area (Å²) in [5, 5.41) is 1.19. The van der Waals surface area contributed by atoms with Crippen molar-refractivity contribution in [3.05, 3.63) is 107 Å². The quantitative estimate of drug-likeness (QED) is 0.336. The molecular formula is C32H34N2O3. The number of hydrogen-bond donors (Lipinski definition) is 1. The third-order valence-electron chi connectivity index (χ3n) is 8.27. The summed E-state index contributed by atoms with van der Waals surface area (Å²) in [7, 11) is 2.15. The number of aromatic nitrogens is 1. The van der Waals surface area contributed by atoms with Gasteiger partial charge in [-0.3, -0.25) is 9.69 Å². The van der Waals surface area contributed by atoms with Crippen molar-refractivity contribution in [1.82, 2.24) is 9.88 Å². The Balaban J connectivity index is 1.43. The van der Waals surface area contributed by atoms with Crippen LogP contribution in [0.3, 0.4) is 0 Å². The van der Waals surface area contributed by atoms with E-state index in [-0.39, 0.29) is 12.0 Å². The first-order chi connectivity index (χ1) is 18.2. The van der Waals surface area contributed by atoms with E-state index < -0.39 is 5.41 Å². The number of carbonyl (C=O) groups is 1. The summed E-state index contributed by atoms with van der Waals surface area (Å²) in [6.07, 6.45) is 1.32. The second kappa shape index (κ2) is 10.3. The van der Waals surface area contributed by atoms with Crippen molar-refractivity contribution in [2.75, 3.05) is 26.8 Å². The molecule has 2 bridgehead atoms. The van der Waals surface area contributed by atoms with Gasteiger partial charge in [0, 0.05) is 35.0 Å². The molecule has 5 heteroatoms. The molecule has 190 valence electrons. The van der Waals surface area contributed by atoms with E-state index in [1.165, 1.54) is 10.9 Å². The molecule has 0 spiro atoms. The largest absolute Gasteiger partial charge is 0.376 e. The zero-order chi connectivity index (χ0) is 25.2. The first-order valence-corrected chi connectivity index (χ1v) is 13.2. The number of nitrogens with zero attached hydrogens (tertiary/aromatic N) is 1. The van der Waals surface area contributed by atoms with Crippen LogP contribution in [0, 0.1) is 5.92 Å². The number of nitrogens with one attached hydrogen (secondary N) is 1. The van der Waals surface area contributed by atoms with E-state index in [2.05, 4.69) is 65.5 Å². The molecule has 2 atom stereocenters. The van der Waals surface area contributed by atoms with E-state index in [1.807, 2.05) is 36.4 Å². The molecule has 0 radical (unpaired) electrons. The maximum atomic E-state index is 13.9. The molecule has 6 rings (SSSR count). The van der Waals surface area contributed by atoms with Crippen LogP contribution in [0.2, 0.25) is 0 Å². The van der Waals surface area contributed by atoms with E-state index in [0.29, 0.717) is 38.6 Å². The van der Waals surface area contributed by atoms with Gasteiger partial charge in [-0.2, -0.15) is 0 Å². The summed E-state index contributed by atoms with van der Waals surface area (Å²) in [6.45, 7) is 2.72. The molecule has 0 saturated carbocycles. The van der Waals surface area contributed by atoms with Gasteiger partial charge in [-0.1, -0.05) is 78.9 Å². The van der Waals surface area contributed by atoms with Crippen LogP contribution in [-0.4, -0.2) is 42.5 Å². The molecule has 1 aliphatic heterocycles. The van der Waals surface area contributed by atoms with Gasteiger partial charge in [0.05, 0.1) is 31.8 Å². The zero-order valence-electron chi connectivity index (χ0n) is 21.4. The maximum absolute atomic E-state index is 13.9. The van der Waals surface area contributed by atoms with Gasteiger partial charge in [-0.25, -0.2) is 0 Å². The fraction of sp³-hybridized carbons (Fsp3) is 0.344. The number of para-hydroxylation sites is 1. The lowest BCUT2D eigenvalue weighted by Gasteiger charge is -2.40. The van der Waals surface area contributed by atoms with E-state index in [1.54, 1.807) is 0 Å². The molecule has 2 aliphatic rings. The summed E-state index contributed by atoms with van der Waals surface area (Å²) in [6, 6.07) is 29.0. The third-order valence-corrected chi connectivity index (χ3v) is 8.27. The normalized spacial score (nSPS) is 21.1. The number of carbonyl (C=O) groups excluding carboxylic acids is 1. The average molecular weight is 495 g/mol. The zero-order valence-corrected chi connectivity index (χ0v) is 21.4. The number of ether oxygens (including phenoxy) is 2. The lowest BCUT2D eigenvalue weighted by atomic mass is 9.70. The van der Waals surface area contributed by atoms with Crippen molar-refractivity contribution < 1.29 is 14.3 Å². The molecule has 2 unspecified atom stereocenters. The predicted molar refractivity (Wildman–Crippen MR) is 145 cm³/mol. The fourth-order valence-corrected chi connectivity index (χ4v) is 6.36. The number of fused-ring (bicyclic) bond motifs is 7. The third kappa shape index (κ3) is 4.52. The highest BCUT2D eigenvalue weighted by Crippen LogP contribution is 2.50. The monoisotopic (exact) mass is 494 g/mol. The van der Waals surface area contributed by atoms with E-state index in [0.717, 1.165) is 35.3 Å². The van der Waals surface area contributed by atoms with Gasteiger partial charge in [0.15, 0.2) is 0 Å². The predicted octanol–water partition coefficient (Wildman–Crippen LogP) is 5.80. The topological polar surface area (TPSA) is 54.6 Å². The molecule has 1 fully saturated rings. The Morgan fingerprint density at radius 2 is 1.46 bits per heavy atom. The summed E-state index contributed by atoms with van der Waals surface area (Å²) >= 11 is 0. The summed E-state index contributed by atoms with van der Waals surface area (Å²) in [5.74, 6) is 0.135. The number of hydrogen-bond acceptors (Lipinski definition) is 4. The van der Waals surface area contributed by atoms with Crippen molar-refractivity contribution >= 4 is 16.7 Å². The van der Waals surface area contributed by atoms with Gasteiger partial charge < -0.3 is 14.5 Å². The average Bonchev–Trinajstić information content (AvgIpc) is 3.20. The number of rotatable bonds is 8. The van der Waals surface area contributed by atoms with Gasteiger partial charge in [-0.05, 0) is 42.8 Å². The molecule has 5 nitrogen and oxygen atoms in total. The Labute approximate surface area is 218 Å². The number of ketones is 1. The van der Waals surface area contributed by atoms with E-state index >= 15 is 0 Å². The molecular weight excluding hydrogens is 460 g/mol. The number of Topliss-reactive ketones (excluding diaryl/α,β-unsaturated/α-hetero) is 1. The standard InChI is InChI=1S/C32H34N2O3/c1-34-17-16-26-29(35)18-28(34)30-25-14-8-9-15-27(25)33-31(30)32(26,21-36-19-23-10-4-2-5-11-23)22-37-20-24-12-6-3-7-13-24/h2-15,26,28,33H,16-22H2,1H3. The van der Waals surface area contributed by atoms with Crippen molar-refractivity contribution in [2.24, 2.45) is 5.92 Å². The first kappa shape index (κ1) is 24.1. The lowest BCUT2D eigenvalue weighted by Crippen LogP contribution is -2.48. The van der Waals surface area contributed by atoms with Crippen LogP contribution in [0.5, 0.6) is 0 Å². The minimum absolute atomic E-state index is 0.0498. The minimum atomic E-state index is -0.592. The van der Waals surface area contributed by atoms with Crippen LogP contribution in [0.4, 0.5) is 0 Å². The Kier molecular flexibility index (Phi) is 6.68. The first-order valence-electron chi connectivity index (χ1n) is 13.2. The Hall–Kier alpha value is -3.25. The van der Waals surface area contributed by atoms with Crippen LogP contribution in [-0.2, 0) is 32.9 Å². The maximum Gasteiger partial charge on any atom is 0.139 e. The highest BCUT2D eigenvalue weighted by Gasteiger charge is 2.53. The molecule has 1 aromatic heterocycles. The highest BCUT2D eigenvalue weighted by atomic mass is 16.5. The number of benzene rings is 3. The lowest BCUT2D eigenvalue weighted by molar-refractivity contribution is -0.128. The summed E-state index contributed by atoms with van der Waals surface area (Å²) < 4.78 is 12.9. The number of H-pyrrole nitrogens is 1. The van der Waals surface area contributed by atoms with Crippen molar-refractivity contribution in [2.45, 2.75) is 37.5 Å². The molecule has 37 heavy (non-hydrogen) atoms. The van der Waals surface area contributed by atoms with Crippen molar-refractivity contribution in [3.8, 4) is 0 Å². The minimum Gasteiger partial charge on any atom is -0.376 e. The number of aromatic amines is 1. The summed E-state index contributed by atoms with van der Waals surface area (Å²) in [4.78, 5) is 20.0. The molecule has 4 aromatic rings. The SMILES string of the molecule is CN1CCC2C(=O)CC1c1c([nH]c3ccccc13)C2(COCc1ccccc1)COCc1ccccc1. The van der Waals surface area contributed by atoms with E-state index in [9.17, 15) is 4.79 Å². The van der Waals surface area contributed by atoms with Gasteiger partial charge >= 0.3 is 0 Å². The Morgan fingerprint density at radius 3 is 2.11 bits per heavy atom. The molecule has 1 aliphatic carbocycles. The van der Waals surface area contributed by atoms with Gasteiger partial charge in [0.25, 0.3) is 0 Å². The number of likely N-dealkylation sites (tertiary alicyclic amines) is 1. The Bertz CT molecular complexity index is 1320. The molecule has 3 aromatic carbocycles. The van der Waals surface area contributed by atoms with Crippen molar-refractivity contribution in [3.63, 3.8) is 0 Å². The molecule has 0 amide bonds. The van der Waals surface area contributed by atoms with Crippen LogP contribution in [0.25, 0.3) is 10.9 Å². The second-order valence-electron chi connectivity index (χ2n) is 10.6.